The lowest BCUT2D eigenvalue weighted by molar-refractivity contribution is 0.209. The zero-order chi connectivity index (χ0) is 18.6. The van der Waals surface area contributed by atoms with E-state index in [0.717, 1.165) is 37.5 Å². The number of aromatic nitrogens is 3. The van der Waals surface area contributed by atoms with Crippen molar-refractivity contribution in [2.45, 2.75) is 13.5 Å². The summed E-state index contributed by atoms with van der Waals surface area (Å²) >= 11 is 0. The minimum atomic E-state index is -0.0668. The van der Waals surface area contributed by atoms with Gasteiger partial charge in [0.25, 0.3) is 0 Å². The molecule has 1 saturated heterocycles. The van der Waals surface area contributed by atoms with Gasteiger partial charge in [-0.15, -0.1) is 0 Å². The summed E-state index contributed by atoms with van der Waals surface area (Å²) in [6, 6.07) is 14.1. The minimum Gasteiger partial charge on any atom is -0.323 e. The molecule has 0 bridgehead atoms. The third-order valence-corrected chi connectivity index (χ3v) is 4.85. The Bertz CT molecular complexity index is 909. The van der Waals surface area contributed by atoms with Crippen molar-refractivity contribution in [3.8, 4) is 0 Å². The normalized spacial score (nSPS) is 18.4. The van der Waals surface area contributed by atoms with Crippen molar-refractivity contribution in [3.63, 3.8) is 0 Å². The highest BCUT2D eigenvalue weighted by molar-refractivity contribution is 5.89. The molecular formula is C20H24N6O. The number of fused-ring (bicyclic) bond motifs is 1. The van der Waals surface area contributed by atoms with Gasteiger partial charge in [-0.05, 0) is 23.6 Å². The lowest BCUT2D eigenvalue weighted by atomic mass is 10.1. The SMILES string of the molecule is CC1CN(Cc2ccccc2)CCN(C(=O)Nc2ccc3ncnn3c2)C1. The quantitative estimate of drug-likeness (QED) is 0.776. The number of pyridine rings is 1. The number of nitrogens with one attached hydrogen (secondary N) is 1. The summed E-state index contributed by atoms with van der Waals surface area (Å²) in [5.74, 6) is 0.416. The predicted molar refractivity (Wildman–Crippen MR) is 104 cm³/mol. The first kappa shape index (κ1) is 17.5. The maximum Gasteiger partial charge on any atom is 0.321 e. The molecule has 1 N–H and O–H groups in total. The van der Waals surface area contributed by atoms with Gasteiger partial charge >= 0.3 is 6.03 Å². The Labute approximate surface area is 158 Å². The maximum atomic E-state index is 12.8. The summed E-state index contributed by atoms with van der Waals surface area (Å²) in [6.45, 7) is 6.45. The van der Waals surface area contributed by atoms with Crippen molar-refractivity contribution < 1.29 is 4.79 Å². The van der Waals surface area contributed by atoms with E-state index in [-0.39, 0.29) is 6.03 Å². The smallest absolute Gasteiger partial charge is 0.321 e. The molecule has 1 unspecified atom stereocenters. The number of amides is 2. The van der Waals surface area contributed by atoms with Crippen LogP contribution in [-0.2, 0) is 6.54 Å². The molecule has 1 atom stereocenters. The topological polar surface area (TPSA) is 65.8 Å². The number of nitrogens with zero attached hydrogens (tertiary/aromatic N) is 5. The van der Waals surface area contributed by atoms with Crippen LogP contribution in [0.1, 0.15) is 12.5 Å². The first-order chi connectivity index (χ1) is 13.2. The largest absolute Gasteiger partial charge is 0.323 e. The summed E-state index contributed by atoms with van der Waals surface area (Å²) in [6.07, 6.45) is 3.28. The molecule has 0 aliphatic carbocycles. The second-order valence-corrected chi connectivity index (χ2v) is 7.18. The van der Waals surface area contributed by atoms with Gasteiger partial charge in [-0.25, -0.2) is 14.3 Å². The second kappa shape index (κ2) is 7.75. The summed E-state index contributed by atoms with van der Waals surface area (Å²) < 4.78 is 1.66. The lowest BCUT2D eigenvalue weighted by Gasteiger charge is -2.22. The molecule has 3 aromatic rings. The Morgan fingerprint density at radius 1 is 1.15 bits per heavy atom. The van der Waals surface area contributed by atoms with Gasteiger partial charge in [0.2, 0.25) is 0 Å². The Hall–Kier alpha value is -2.93. The molecule has 2 aromatic heterocycles. The van der Waals surface area contributed by atoms with E-state index in [1.165, 1.54) is 11.9 Å². The second-order valence-electron chi connectivity index (χ2n) is 7.18. The average Bonchev–Trinajstić information content (AvgIpc) is 3.05. The molecule has 0 saturated carbocycles. The monoisotopic (exact) mass is 364 g/mol. The van der Waals surface area contributed by atoms with E-state index in [4.69, 9.17) is 0 Å². The summed E-state index contributed by atoms with van der Waals surface area (Å²) in [4.78, 5) is 21.2. The third kappa shape index (κ3) is 4.25. The Morgan fingerprint density at radius 2 is 2.00 bits per heavy atom. The van der Waals surface area contributed by atoms with Crippen LogP contribution in [0.3, 0.4) is 0 Å². The van der Waals surface area contributed by atoms with E-state index < -0.39 is 0 Å². The number of anilines is 1. The molecule has 4 rings (SSSR count). The third-order valence-electron chi connectivity index (χ3n) is 4.85. The van der Waals surface area contributed by atoms with Gasteiger partial charge in [0.05, 0.1) is 11.9 Å². The van der Waals surface area contributed by atoms with Crippen LogP contribution in [0, 0.1) is 5.92 Å². The maximum absolute atomic E-state index is 12.8. The molecule has 3 heterocycles. The molecule has 1 aliphatic heterocycles. The van der Waals surface area contributed by atoms with Crippen LogP contribution >= 0.6 is 0 Å². The van der Waals surface area contributed by atoms with E-state index in [1.54, 1.807) is 10.7 Å². The highest BCUT2D eigenvalue weighted by atomic mass is 16.2. The van der Waals surface area contributed by atoms with Crippen molar-refractivity contribution in [3.05, 3.63) is 60.6 Å². The fourth-order valence-corrected chi connectivity index (χ4v) is 3.58. The summed E-state index contributed by atoms with van der Waals surface area (Å²) in [7, 11) is 0. The highest BCUT2D eigenvalue weighted by Gasteiger charge is 2.23. The molecule has 1 fully saturated rings. The van der Waals surface area contributed by atoms with E-state index in [0.29, 0.717) is 12.5 Å². The van der Waals surface area contributed by atoms with Crippen molar-refractivity contribution >= 4 is 17.4 Å². The molecule has 0 spiro atoms. The molecule has 7 heteroatoms. The fourth-order valence-electron chi connectivity index (χ4n) is 3.58. The Balaban J connectivity index is 1.39. The van der Waals surface area contributed by atoms with Gasteiger partial charge in [-0.1, -0.05) is 37.3 Å². The van der Waals surface area contributed by atoms with Gasteiger partial charge < -0.3 is 10.2 Å². The van der Waals surface area contributed by atoms with Crippen LogP contribution in [-0.4, -0.2) is 56.6 Å². The van der Waals surface area contributed by atoms with Crippen LogP contribution in [0.2, 0.25) is 0 Å². The van der Waals surface area contributed by atoms with E-state index >= 15 is 0 Å². The molecular weight excluding hydrogens is 340 g/mol. The molecule has 0 radical (unpaired) electrons. The van der Waals surface area contributed by atoms with Crippen molar-refractivity contribution in [2.24, 2.45) is 5.92 Å². The highest BCUT2D eigenvalue weighted by Crippen LogP contribution is 2.15. The average molecular weight is 364 g/mol. The standard InChI is InChI=1S/C20H24N6O/c1-16-11-24(13-17-5-3-2-4-6-17)9-10-25(12-16)20(27)23-18-7-8-19-21-15-22-26(19)14-18/h2-8,14-16H,9-13H2,1H3,(H,23,27). The lowest BCUT2D eigenvalue weighted by Crippen LogP contribution is -2.38. The van der Waals surface area contributed by atoms with Crippen molar-refractivity contribution in [1.29, 1.82) is 0 Å². The van der Waals surface area contributed by atoms with Gasteiger partial charge in [-0.3, -0.25) is 4.90 Å². The van der Waals surface area contributed by atoms with Crippen LogP contribution in [0.4, 0.5) is 10.5 Å². The number of urea groups is 1. The van der Waals surface area contributed by atoms with Crippen LogP contribution in [0.5, 0.6) is 0 Å². The van der Waals surface area contributed by atoms with Crippen molar-refractivity contribution in [2.75, 3.05) is 31.5 Å². The Morgan fingerprint density at radius 3 is 2.85 bits per heavy atom. The molecule has 140 valence electrons. The molecule has 7 nitrogen and oxygen atoms in total. The Kier molecular flexibility index (Phi) is 5.02. The van der Waals surface area contributed by atoms with E-state index in [9.17, 15) is 4.79 Å². The summed E-state index contributed by atoms with van der Waals surface area (Å²) in [5, 5.41) is 7.10. The first-order valence-corrected chi connectivity index (χ1v) is 9.29. The predicted octanol–water partition coefficient (Wildman–Crippen LogP) is 2.72. The number of carbonyl (C=O) groups excluding carboxylic acids is 1. The minimum absolute atomic E-state index is 0.0668. The fraction of sp³-hybridized carbons (Fsp3) is 0.350. The molecule has 1 aliphatic rings. The van der Waals surface area contributed by atoms with Crippen LogP contribution in [0.25, 0.3) is 5.65 Å². The van der Waals surface area contributed by atoms with E-state index in [1.807, 2.05) is 23.1 Å². The molecule has 2 amide bonds. The zero-order valence-electron chi connectivity index (χ0n) is 15.5. The van der Waals surface area contributed by atoms with Crippen molar-refractivity contribution in [1.82, 2.24) is 24.4 Å². The van der Waals surface area contributed by atoms with Crippen LogP contribution in [0.15, 0.2) is 55.0 Å². The van der Waals surface area contributed by atoms with E-state index in [2.05, 4.69) is 51.5 Å². The molecule has 27 heavy (non-hydrogen) atoms. The number of carbonyl (C=O) groups is 1. The zero-order valence-corrected chi connectivity index (χ0v) is 15.5. The number of rotatable bonds is 3. The molecule has 1 aromatic carbocycles. The number of benzene rings is 1. The van der Waals surface area contributed by atoms with Gasteiger partial charge in [0.15, 0.2) is 5.65 Å². The van der Waals surface area contributed by atoms with Gasteiger partial charge in [0, 0.05) is 32.7 Å². The number of hydrogen-bond donors (Lipinski definition) is 1. The van der Waals surface area contributed by atoms with Gasteiger partial charge in [0.1, 0.15) is 6.33 Å². The summed E-state index contributed by atoms with van der Waals surface area (Å²) in [5.41, 5.74) is 2.78. The van der Waals surface area contributed by atoms with Gasteiger partial charge in [-0.2, -0.15) is 5.10 Å². The number of hydrogen-bond acceptors (Lipinski definition) is 4. The first-order valence-electron chi connectivity index (χ1n) is 9.29. The van der Waals surface area contributed by atoms with Crippen LogP contribution < -0.4 is 5.32 Å².